The number of para-hydroxylation sites is 1. The maximum absolute atomic E-state index is 12.3. The summed E-state index contributed by atoms with van der Waals surface area (Å²) >= 11 is 0.959. The summed E-state index contributed by atoms with van der Waals surface area (Å²) in [6.45, 7) is 0.161. The Morgan fingerprint density at radius 3 is 2.33 bits per heavy atom. The van der Waals surface area contributed by atoms with Gasteiger partial charge in [-0.3, -0.25) is 14.5 Å². The fourth-order valence-electron chi connectivity index (χ4n) is 2.19. The van der Waals surface area contributed by atoms with Gasteiger partial charge in [0, 0.05) is 5.69 Å². The zero-order valence-electron chi connectivity index (χ0n) is 12.9. The van der Waals surface area contributed by atoms with Gasteiger partial charge in [-0.1, -0.05) is 60.7 Å². The largest absolute Gasteiger partial charge is 0.367 e. The van der Waals surface area contributed by atoms with Gasteiger partial charge in [-0.05, 0) is 35.5 Å². The van der Waals surface area contributed by atoms with Gasteiger partial charge in [0.2, 0.25) is 0 Å². The van der Waals surface area contributed by atoms with Crippen LogP contribution in [0.4, 0.5) is 10.5 Å². The number of carbonyl (C=O) groups excluding carboxylic acids is 2. The van der Waals surface area contributed by atoms with E-state index >= 15 is 0 Å². The number of thioether (sulfide) groups is 1. The molecule has 0 radical (unpaired) electrons. The molecule has 0 atom stereocenters. The van der Waals surface area contributed by atoms with Gasteiger partial charge >= 0.3 is 0 Å². The molecule has 5 heteroatoms. The molecule has 1 fully saturated rings. The van der Waals surface area contributed by atoms with Crippen LogP contribution < -0.4 is 5.32 Å². The van der Waals surface area contributed by atoms with Gasteiger partial charge < -0.3 is 5.32 Å². The molecular formula is C19H16N2O2S. The second-order valence-corrected chi connectivity index (χ2v) is 6.10. The van der Waals surface area contributed by atoms with Crippen molar-refractivity contribution in [2.45, 2.75) is 0 Å². The Labute approximate surface area is 144 Å². The van der Waals surface area contributed by atoms with Crippen molar-refractivity contribution in [2.75, 3.05) is 12.0 Å². The topological polar surface area (TPSA) is 49.4 Å². The first-order valence-corrected chi connectivity index (χ1v) is 8.32. The van der Waals surface area contributed by atoms with E-state index in [0.717, 1.165) is 23.0 Å². The third-order valence-corrected chi connectivity index (χ3v) is 4.35. The fraction of sp³-hybridized carbons (Fsp3) is 0.0526. The molecule has 0 aromatic heterocycles. The van der Waals surface area contributed by atoms with Crippen LogP contribution >= 0.6 is 11.8 Å². The van der Waals surface area contributed by atoms with Crippen molar-refractivity contribution in [3.05, 3.63) is 83.3 Å². The number of nitrogens with one attached hydrogen (secondary N) is 1. The first kappa shape index (κ1) is 16.1. The highest BCUT2D eigenvalue weighted by atomic mass is 32.2. The van der Waals surface area contributed by atoms with E-state index in [0.29, 0.717) is 4.91 Å². The van der Waals surface area contributed by atoms with Gasteiger partial charge in [0.15, 0.2) is 0 Å². The van der Waals surface area contributed by atoms with Crippen LogP contribution in [-0.4, -0.2) is 22.7 Å². The lowest BCUT2D eigenvalue weighted by atomic mass is 10.2. The van der Waals surface area contributed by atoms with Crippen molar-refractivity contribution in [1.29, 1.82) is 0 Å². The van der Waals surface area contributed by atoms with E-state index in [1.165, 1.54) is 4.90 Å². The molecule has 1 heterocycles. The molecule has 1 aliphatic rings. The van der Waals surface area contributed by atoms with Crippen molar-refractivity contribution in [2.24, 2.45) is 0 Å². The third-order valence-electron chi connectivity index (χ3n) is 3.42. The number of anilines is 1. The van der Waals surface area contributed by atoms with Gasteiger partial charge in [-0.25, -0.2) is 0 Å². The summed E-state index contributed by atoms with van der Waals surface area (Å²) in [4.78, 5) is 26.0. The molecule has 0 saturated carbocycles. The van der Waals surface area contributed by atoms with Crippen LogP contribution in [0.3, 0.4) is 0 Å². The van der Waals surface area contributed by atoms with E-state index in [-0.39, 0.29) is 17.8 Å². The van der Waals surface area contributed by atoms with Gasteiger partial charge in [-0.2, -0.15) is 0 Å². The predicted molar refractivity (Wildman–Crippen MR) is 98.3 cm³/mol. The molecule has 24 heavy (non-hydrogen) atoms. The number of amides is 2. The molecule has 1 aliphatic heterocycles. The summed E-state index contributed by atoms with van der Waals surface area (Å²) in [7, 11) is 0. The van der Waals surface area contributed by atoms with Crippen LogP contribution in [0.25, 0.3) is 6.08 Å². The third kappa shape index (κ3) is 3.94. The van der Waals surface area contributed by atoms with E-state index in [1.54, 1.807) is 12.2 Å². The van der Waals surface area contributed by atoms with Crippen molar-refractivity contribution in [3.8, 4) is 0 Å². The Balaban J connectivity index is 1.63. The van der Waals surface area contributed by atoms with Crippen LogP contribution in [0, 0.1) is 0 Å². The molecule has 1 N–H and O–H groups in total. The van der Waals surface area contributed by atoms with E-state index < -0.39 is 0 Å². The Bertz CT molecular complexity index is 786. The highest BCUT2D eigenvalue weighted by molar-refractivity contribution is 8.18. The first-order valence-electron chi connectivity index (χ1n) is 7.50. The Hall–Kier alpha value is -2.79. The van der Waals surface area contributed by atoms with Crippen LogP contribution in [0.1, 0.15) is 5.56 Å². The number of benzene rings is 2. The van der Waals surface area contributed by atoms with Crippen molar-refractivity contribution >= 4 is 34.7 Å². The number of hydrogen-bond acceptors (Lipinski definition) is 4. The number of allylic oxidation sites excluding steroid dienone is 2. The molecule has 1 saturated heterocycles. The van der Waals surface area contributed by atoms with Crippen LogP contribution in [0.5, 0.6) is 0 Å². The molecular weight excluding hydrogens is 320 g/mol. The number of hydrogen-bond donors (Lipinski definition) is 1. The Morgan fingerprint density at radius 1 is 0.958 bits per heavy atom. The van der Waals surface area contributed by atoms with E-state index in [1.807, 2.05) is 66.7 Å². The monoisotopic (exact) mass is 336 g/mol. The lowest BCUT2D eigenvalue weighted by molar-refractivity contribution is -0.122. The number of rotatable bonds is 5. The van der Waals surface area contributed by atoms with E-state index in [2.05, 4.69) is 5.32 Å². The average Bonchev–Trinajstić information content (AvgIpc) is 2.89. The minimum atomic E-state index is -0.272. The molecule has 3 rings (SSSR count). The van der Waals surface area contributed by atoms with Crippen LogP contribution in [0.2, 0.25) is 0 Å². The lowest BCUT2D eigenvalue weighted by Crippen LogP contribution is -2.33. The van der Waals surface area contributed by atoms with Crippen molar-refractivity contribution < 1.29 is 9.59 Å². The average molecular weight is 336 g/mol. The number of imide groups is 1. The quantitative estimate of drug-likeness (QED) is 0.825. The molecule has 2 aromatic carbocycles. The summed E-state index contributed by atoms with van der Waals surface area (Å²) in [6.07, 6.45) is 5.37. The van der Waals surface area contributed by atoms with Crippen molar-refractivity contribution in [1.82, 2.24) is 4.90 Å². The maximum Gasteiger partial charge on any atom is 0.295 e. The number of nitrogens with zero attached hydrogens (tertiary/aromatic N) is 1. The molecule has 4 nitrogen and oxygen atoms in total. The van der Waals surface area contributed by atoms with Gasteiger partial charge in [-0.15, -0.1) is 0 Å². The Kier molecular flexibility index (Phi) is 5.13. The summed E-state index contributed by atoms with van der Waals surface area (Å²) in [5.41, 5.74) is 1.91. The number of carbonyl (C=O) groups is 2. The molecule has 2 aromatic rings. The van der Waals surface area contributed by atoms with Gasteiger partial charge in [0.1, 0.15) is 0 Å². The predicted octanol–water partition coefficient (Wildman–Crippen LogP) is 4.35. The SMILES string of the molecule is O=C1SC(=CC=Cc2ccccc2)C(=O)N1CNc1ccccc1. The zero-order chi connectivity index (χ0) is 16.8. The van der Waals surface area contributed by atoms with Crippen LogP contribution in [0.15, 0.2) is 77.7 Å². The minimum Gasteiger partial charge on any atom is -0.367 e. The summed E-state index contributed by atoms with van der Waals surface area (Å²) in [5.74, 6) is -0.272. The molecule has 0 spiro atoms. The molecule has 0 aliphatic carbocycles. The van der Waals surface area contributed by atoms with Crippen LogP contribution in [-0.2, 0) is 4.79 Å². The molecule has 2 amide bonds. The second kappa shape index (κ2) is 7.66. The molecule has 0 unspecified atom stereocenters. The standard InChI is InChI=1S/C19H16N2O2S/c22-18-17(13-7-10-15-8-3-1-4-9-15)24-19(23)21(18)14-20-16-11-5-2-6-12-16/h1-13,20H,14H2. The normalized spacial score (nSPS) is 16.3. The first-order chi connectivity index (χ1) is 11.7. The fourth-order valence-corrected chi connectivity index (χ4v) is 2.98. The van der Waals surface area contributed by atoms with E-state index in [9.17, 15) is 9.59 Å². The molecule has 0 bridgehead atoms. The highest BCUT2D eigenvalue weighted by Gasteiger charge is 2.34. The van der Waals surface area contributed by atoms with Gasteiger partial charge in [0.05, 0.1) is 11.6 Å². The summed E-state index contributed by atoms with van der Waals surface area (Å²) in [6, 6.07) is 19.3. The minimum absolute atomic E-state index is 0.161. The van der Waals surface area contributed by atoms with Gasteiger partial charge in [0.25, 0.3) is 11.1 Å². The second-order valence-electron chi connectivity index (χ2n) is 5.10. The lowest BCUT2D eigenvalue weighted by Gasteiger charge is -2.14. The smallest absolute Gasteiger partial charge is 0.295 e. The zero-order valence-corrected chi connectivity index (χ0v) is 13.7. The highest BCUT2D eigenvalue weighted by Crippen LogP contribution is 2.30. The maximum atomic E-state index is 12.3. The summed E-state index contributed by atoms with van der Waals surface area (Å²) < 4.78 is 0. The summed E-state index contributed by atoms with van der Waals surface area (Å²) in [5, 5.41) is 2.81. The molecule has 120 valence electrons. The van der Waals surface area contributed by atoms with E-state index in [4.69, 9.17) is 0 Å². The van der Waals surface area contributed by atoms with Crippen molar-refractivity contribution in [3.63, 3.8) is 0 Å². The Morgan fingerprint density at radius 2 is 1.62 bits per heavy atom.